The summed E-state index contributed by atoms with van der Waals surface area (Å²) >= 11 is 0. The first-order chi connectivity index (χ1) is 20.0. The number of methoxy groups -OCH3 is 1. The number of sulfonamides is 1. The van der Waals surface area contributed by atoms with Crippen molar-refractivity contribution < 1.29 is 27.5 Å². The molecule has 0 aliphatic rings. The van der Waals surface area contributed by atoms with E-state index in [1.165, 1.54) is 17.0 Å². The largest absolute Gasteiger partial charge is 0.497 e. The van der Waals surface area contributed by atoms with Crippen molar-refractivity contribution in [2.24, 2.45) is 0 Å². The van der Waals surface area contributed by atoms with Crippen molar-refractivity contribution in [2.45, 2.75) is 64.6 Å². The molecule has 0 fully saturated rings. The number of ether oxygens (including phenoxy) is 2. The second-order valence-corrected chi connectivity index (χ2v) is 12.0. The highest BCUT2D eigenvalue weighted by atomic mass is 32.2. The molecule has 0 heterocycles. The van der Waals surface area contributed by atoms with Crippen LogP contribution >= 0.6 is 0 Å². The number of aryl methyl sites for hydroxylation is 1. The maximum absolute atomic E-state index is 14.1. The lowest BCUT2D eigenvalue weighted by Crippen LogP contribution is -2.52. The molecule has 0 unspecified atom stereocenters. The van der Waals surface area contributed by atoms with Crippen LogP contribution in [0.25, 0.3) is 0 Å². The molecule has 10 heteroatoms. The van der Waals surface area contributed by atoms with Gasteiger partial charge in [-0.2, -0.15) is 0 Å². The summed E-state index contributed by atoms with van der Waals surface area (Å²) in [5, 5.41) is 2.94. The first kappa shape index (κ1) is 32.5. The average molecular weight is 596 g/mol. The van der Waals surface area contributed by atoms with Gasteiger partial charge in [-0.25, -0.2) is 8.42 Å². The molecule has 9 nitrogen and oxygen atoms in total. The molecule has 2 amide bonds. The van der Waals surface area contributed by atoms with E-state index in [4.69, 9.17) is 9.47 Å². The van der Waals surface area contributed by atoms with E-state index in [1.807, 2.05) is 32.9 Å². The summed E-state index contributed by atoms with van der Waals surface area (Å²) in [6.07, 6.45) is 0.724. The zero-order valence-electron chi connectivity index (χ0n) is 25.2. The Balaban J connectivity index is 2.07. The number of carbonyl (C=O) groups is 2. The fraction of sp³-hybridized carbons (Fsp3) is 0.375. The van der Waals surface area contributed by atoms with Crippen molar-refractivity contribution in [3.05, 3.63) is 83.9 Å². The Bertz CT molecular complexity index is 1440. The lowest BCUT2D eigenvalue weighted by molar-refractivity contribution is -0.139. The molecule has 0 aliphatic heterocycles. The number of rotatable bonds is 14. The summed E-state index contributed by atoms with van der Waals surface area (Å²) in [7, 11) is -2.64. The average Bonchev–Trinajstić information content (AvgIpc) is 2.99. The van der Waals surface area contributed by atoms with Gasteiger partial charge in [-0.3, -0.25) is 13.9 Å². The van der Waals surface area contributed by atoms with Crippen LogP contribution < -0.4 is 19.1 Å². The molecule has 0 aromatic heterocycles. The van der Waals surface area contributed by atoms with Gasteiger partial charge in [-0.05, 0) is 76.1 Å². The van der Waals surface area contributed by atoms with Crippen molar-refractivity contribution in [1.82, 2.24) is 10.2 Å². The van der Waals surface area contributed by atoms with E-state index in [2.05, 4.69) is 5.32 Å². The number of anilines is 1. The normalized spacial score (nSPS) is 12.6. The monoisotopic (exact) mass is 595 g/mol. The van der Waals surface area contributed by atoms with E-state index in [0.717, 1.165) is 21.9 Å². The molecular formula is C32H41N3O6S. The standard InChI is InChI=1S/C32H41N3O6S/c1-7-24(4)33-32(37)25(5)34(21-26-15-17-27(40-6)18-16-26)31(36)22-35(29-11-9-10-12-30(29)41-8-2)42(38,39)28-19-13-23(3)14-20-28/h9-20,24-25H,7-8,21-22H2,1-6H3,(H,33,37)/t24-,25-/m1/s1. The van der Waals surface area contributed by atoms with Crippen LogP contribution in [-0.2, 0) is 26.2 Å². The lowest BCUT2D eigenvalue weighted by atomic mass is 10.1. The van der Waals surface area contributed by atoms with Crippen molar-refractivity contribution in [1.29, 1.82) is 0 Å². The summed E-state index contributed by atoms with van der Waals surface area (Å²) in [5.74, 6) is 0.114. The van der Waals surface area contributed by atoms with Gasteiger partial charge < -0.3 is 19.7 Å². The molecule has 42 heavy (non-hydrogen) atoms. The summed E-state index contributed by atoms with van der Waals surface area (Å²) in [5.41, 5.74) is 1.89. The van der Waals surface area contributed by atoms with E-state index in [0.29, 0.717) is 18.1 Å². The summed E-state index contributed by atoms with van der Waals surface area (Å²) in [6, 6.07) is 19.4. The molecule has 2 atom stereocenters. The van der Waals surface area contributed by atoms with Crippen LogP contribution in [0.5, 0.6) is 11.5 Å². The van der Waals surface area contributed by atoms with Crippen LogP contribution in [0, 0.1) is 6.92 Å². The zero-order chi connectivity index (χ0) is 30.9. The van der Waals surface area contributed by atoms with Gasteiger partial charge in [-0.15, -0.1) is 0 Å². The number of nitrogens with one attached hydrogen (secondary N) is 1. The first-order valence-electron chi connectivity index (χ1n) is 14.1. The molecule has 0 saturated carbocycles. The van der Waals surface area contributed by atoms with Crippen LogP contribution in [0.3, 0.4) is 0 Å². The molecule has 1 N–H and O–H groups in total. The molecule has 3 aromatic rings. The van der Waals surface area contributed by atoms with Gasteiger partial charge in [0.2, 0.25) is 11.8 Å². The molecule has 3 aromatic carbocycles. The molecule has 3 rings (SSSR count). The second kappa shape index (κ2) is 14.7. The van der Waals surface area contributed by atoms with Gasteiger partial charge in [0.15, 0.2) is 0 Å². The quantitative estimate of drug-likeness (QED) is 0.283. The second-order valence-electron chi connectivity index (χ2n) is 10.1. The van der Waals surface area contributed by atoms with Crippen molar-refractivity contribution >= 4 is 27.5 Å². The molecule has 0 spiro atoms. The van der Waals surface area contributed by atoms with Crippen LogP contribution in [-0.4, -0.2) is 57.5 Å². The van der Waals surface area contributed by atoms with Crippen LogP contribution in [0.15, 0.2) is 77.7 Å². The van der Waals surface area contributed by atoms with Gasteiger partial charge >= 0.3 is 0 Å². The Morgan fingerprint density at radius 3 is 2.17 bits per heavy atom. The fourth-order valence-electron chi connectivity index (χ4n) is 4.27. The maximum atomic E-state index is 14.1. The van der Waals surface area contributed by atoms with Gasteiger partial charge in [0.25, 0.3) is 10.0 Å². The predicted octanol–water partition coefficient (Wildman–Crippen LogP) is 4.93. The van der Waals surface area contributed by atoms with E-state index in [9.17, 15) is 18.0 Å². The number of amides is 2. The van der Waals surface area contributed by atoms with Crippen LogP contribution in [0.1, 0.15) is 45.2 Å². The highest BCUT2D eigenvalue weighted by molar-refractivity contribution is 7.92. The Hall–Kier alpha value is -4.05. The summed E-state index contributed by atoms with van der Waals surface area (Å²) < 4.78 is 40.2. The summed E-state index contributed by atoms with van der Waals surface area (Å²) in [4.78, 5) is 28.8. The van der Waals surface area contributed by atoms with Gasteiger partial charge in [0.05, 0.1) is 24.3 Å². The minimum atomic E-state index is -4.20. The Morgan fingerprint density at radius 2 is 1.57 bits per heavy atom. The van der Waals surface area contributed by atoms with Gasteiger partial charge in [-0.1, -0.05) is 48.9 Å². The first-order valence-corrected chi connectivity index (χ1v) is 15.5. The highest BCUT2D eigenvalue weighted by Crippen LogP contribution is 2.33. The zero-order valence-corrected chi connectivity index (χ0v) is 26.0. The lowest BCUT2D eigenvalue weighted by Gasteiger charge is -2.33. The predicted molar refractivity (Wildman–Crippen MR) is 164 cm³/mol. The third-order valence-electron chi connectivity index (χ3n) is 7.00. The van der Waals surface area contributed by atoms with Crippen molar-refractivity contribution in [2.75, 3.05) is 24.6 Å². The molecular weight excluding hydrogens is 554 g/mol. The van der Waals surface area contributed by atoms with Crippen LogP contribution in [0.4, 0.5) is 5.69 Å². The number of benzene rings is 3. The summed E-state index contributed by atoms with van der Waals surface area (Å²) in [6.45, 7) is 9.01. The minimum absolute atomic E-state index is 0.0384. The Kier molecular flexibility index (Phi) is 11.4. The molecule has 0 radical (unpaired) electrons. The van der Waals surface area contributed by atoms with E-state index in [1.54, 1.807) is 69.5 Å². The highest BCUT2D eigenvalue weighted by Gasteiger charge is 2.34. The number of hydrogen-bond donors (Lipinski definition) is 1. The fourth-order valence-corrected chi connectivity index (χ4v) is 5.69. The van der Waals surface area contributed by atoms with Crippen LogP contribution in [0.2, 0.25) is 0 Å². The van der Waals surface area contributed by atoms with Crippen molar-refractivity contribution in [3.8, 4) is 11.5 Å². The molecule has 0 saturated heterocycles. The molecule has 226 valence electrons. The molecule has 0 bridgehead atoms. The number of hydrogen-bond acceptors (Lipinski definition) is 6. The maximum Gasteiger partial charge on any atom is 0.264 e. The Morgan fingerprint density at radius 1 is 0.929 bits per heavy atom. The Labute approximate surface area is 249 Å². The smallest absolute Gasteiger partial charge is 0.264 e. The molecule has 0 aliphatic carbocycles. The topological polar surface area (TPSA) is 105 Å². The van der Waals surface area contributed by atoms with E-state index < -0.39 is 28.5 Å². The van der Waals surface area contributed by atoms with Gasteiger partial charge in [0.1, 0.15) is 24.1 Å². The minimum Gasteiger partial charge on any atom is -0.497 e. The van der Waals surface area contributed by atoms with Gasteiger partial charge in [0, 0.05) is 12.6 Å². The third kappa shape index (κ3) is 8.03. The van der Waals surface area contributed by atoms with E-state index in [-0.39, 0.29) is 29.1 Å². The third-order valence-corrected chi connectivity index (χ3v) is 8.78. The number of carbonyl (C=O) groups excluding carboxylic acids is 2. The number of nitrogens with zero attached hydrogens (tertiary/aromatic N) is 2. The number of para-hydroxylation sites is 2. The SMILES string of the molecule is CCOc1ccccc1N(CC(=O)N(Cc1ccc(OC)cc1)[C@H](C)C(=O)N[C@H](C)CC)S(=O)(=O)c1ccc(C)cc1. The van der Waals surface area contributed by atoms with E-state index >= 15 is 0 Å². The van der Waals surface area contributed by atoms with Crippen molar-refractivity contribution in [3.63, 3.8) is 0 Å².